The highest BCUT2D eigenvalue weighted by molar-refractivity contribution is 6.30. The van der Waals surface area contributed by atoms with Crippen LogP contribution in [0.4, 0.5) is 0 Å². The first-order chi connectivity index (χ1) is 15.0. The molecular formula is C25H24ClNO4. The minimum atomic E-state index is -0.266. The Morgan fingerprint density at radius 3 is 2.16 bits per heavy atom. The lowest BCUT2D eigenvalue weighted by atomic mass is 9.87. The van der Waals surface area contributed by atoms with Crippen LogP contribution >= 0.6 is 11.6 Å². The third kappa shape index (κ3) is 4.06. The van der Waals surface area contributed by atoms with Crippen LogP contribution in [0.1, 0.15) is 33.1 Å². The molecule has 0 radical (unpaired) electrons. The van der Waals surface area contributed by atoms with Crippen LogP contribution in [0, 0.1) is 0 Å². The van der Waals surface area contributed by atoms with E-state index in [0.29, 0.717) is 28.6 Å². The molecule has 0 saturated heterocycles. The first-order valence-electron chi connectivity index (χ1n) is 10.0. The van der Waals surface area contributed by atoms with Crippen LogP contribution in [0.2, 0.25) is 5.02 Å². The minimum Gasteiger partial charge on any atom is -0.497 e. The molecule has 5 nitrogen and oxygen atoms in total. The Bertz CT molecular complexity index is 1080. The van der Waals surface area contributed by atoms with Crippen LogP contribution in [0.25, 0.3) is 0 Å². The molecule has 1 amide bonds. The van der Waals surface area contributed by atoms with Gasteiger partial charge in [0, 0.05) is 17.1 Å². The number of methoxy groups -OCH3 is 3. The van der Waals surface area contributed by atoms with Gasteiger partial charge in [-0.3, -0.25) is 4.79 Å². The maximum Gasteiger partial charge on any atom is 0.254 e. The lowest BCUT2D eigenvalue weighted by Crippen LogP contribution is -2.40. The molecule has 160 valence electrons. The van der Waals surface area contributed by atoms with Crippen molar-refractivity contribution in [1.82, 2.24) is 4.90 Å². The molecule has 0 spiro atoms. The largest absolute Gasteiger partial charge is 0.497 e. The lowest BCUT2D eigenvalue weighted by Gasteiger charge is -2.38. The van der Waals surface area contributed by atoms with Crippen molar-refractivity contribution < 1.29 is 19.0 Å². The molecule has 0 aromatic heterocycles. The monoisotopic (exact) mass is 437 g/mol. The molecule has 0 fully saturated rings. The van der Waals surface area contributed by atoms with E-state index in [-0.39, 0.29) is 11.9 Å². The van der Waals surface area contributed by atoms with Crippen LogP contribution in [0.5, 0.6) is 17.2 Å². The van der Waals surface area contributed by atoms with Crippen molar-refractivity contribution in [2.75, 3.05) is 27.9 Å². The molecule has 6 heteroatoms. The van der Waals surface area contributed by atoms with E-state index < -0.39 is 0 Å². The van der Waals surface area contributed by atoms with Gasteiger partial charge >= 0.3 is 0 Å². The fourth-order valence-corrected chi connectivity index (χ4v) is 4.19. The van der Waals surface area contributed by atoms with Crippen molar-refractivity contribution in [3.05, 3.63) is 87.9 Å². The number of carbonyl (C=O) groups excluding carboxylic acids is 1. The predicted octanol–water partition coefficient (Wildman–Crippen LogP) is 5.15. The van der Waals surface area contributed by atoms with E-state index >= 15 is 0 Å². The first-order valence-corrected chi connectivity index (χ1v) is 10.4. The number of rotatable bonds is 5. The molecule has 31 heavy (non-hydrogen) atoms. The average molecular weight is 438 g/mol. The van der Waals surface area contributed by atoms with Gasteiger partial charge in [0.1, 0.15) is 5.75 Å². The van der Waals surface area contributed by atoms with Crippen LogP contribution in [0.15, 0.2) is 60.7 Å². The highest BCUT2D eigenvalue weighted by Gasteiger charge is 2.33. The molecule has 4 rings (SSSR count). The number of amides is 1. The minimum absolute atomic E-state index is 0.0436. The van der Waals surface area contributed by atoms with Gasteiger partial charge < -0.3 is 19.1 Å². The zero-order valence-corrected chi connectivity index (χ0v) is 18.5. The van der Waals surface area contributed by atoms with E-state index in [9.17, 15) is 4.79 Å². The van der Waals surface area contributed by atoms with Gasteiger partial charge in [-0.15, -0.1) is 0 Å². The SMILES string of the molecule is COc1ccc(C2c3cc(OC)c(OC)cc3CCN2C(=O)c2ccc(Cl)cc2)cc1. The quantitative estimate of drug-likeness (QED) is 0.553. The standard InChI is InChI=1S/C25H24ClNO4/c1-29-20-10-6-16(7-11-20)24-21-15-23(31-3)22(30-2)14-18(21)12-13-27(24)25(28)17-4-8-19(26)9-5-17/h4-11,14-15,24H,12-13H2,1-3H3. The molecule has 0 bridgehead atoms. The molecule has 1 aliphatic heterocycles. The Morgan fingerprint density at radius 2 is 1.55 bits per heavy atom. The van der Waals surface area contributed by atoms with E-state index in [1.807, 2.05) is 41.3 Å². The predicted molar refractivity (Wildman–Crippen MR) is 121 cm³/mol. The molecule has 0 aliphatic carbocycles. The zero-order chi connectivity index (χ0) is 22.0. The van der Waals surface area contributed by atoms with Gasteiger partial charge in [0.05, 0.1) is 27.4 Å². The second-order valence-corrected chi connectivity index (χ2v) is 7.77. The molecule has 0 saturated carbocycles. The fourth-order valence-electron chi connectivity index (χ4n) is 4.07. The Kier molecular flexibility index (Phi) is 6.05. The second kappa shape index (κ2) is 8.90. The summed E-state index contributed by atoms with van der Waals surface area (Å²) in [5.74, 6) is 2.05. The number of nitrogens with zero attached hydrogens (tertiary/aromatic N) is 1. The maximum atomic E-state index is 13.5. The van der Waals surface area contributed by atoms with E-state index in [0.717, 1.165) is 28.9 Å². The summed E-state index contributed by atoms with van der Waals surface area (Å²) in [5, 5.41) is 0.601. The van der Waals surface area contributed by atoms with Gasteiger partial charge in [0.25, 0.3) is 5.91 Å². The van der Waals surface area contributed by atoms with Crippen LogP contribution in [0.3, 0.4) is 0 Å². The molecule has 1 heterocycles. The van der Waals surface area contributed by atoms with Crippen molar-refractivity contribution in [1.29, 1.82) is 0 Å². The molecule has 1 aliphatic rings. The van der Waals surface area contributed by atoms with Crippen molar-refractivity contribution >= 4 is 17.5 Å². The summed E-state index contributed by atoms with van der Waals surface area (Å²) in [6.07, 6.45) is 0.724. The topological polar surface area (TPSA) is 48.0 Å². The number of halogens is 1. The van der Waals surface area contributed by atoms with Gasteiger partial charge in [-0.05, 0) is 71.6 Å². The fraction of sp³-hybridized carbons (Fsp3) is 0.240. The maximum absolute atomic E-state index is 13.5. The summed E-state index contributed by atoms with van der Waals surface area (Å²) < 4.78 is 16.4. The van der Waals surface area contributed by atoms with Crippen molar-refractivity contribution in [3.63, 3.8) is 0 Å². The van der Waals surface area contributed by atoms with E-state index in [2.05, 4.69) is 0 Å². The first kappa shape index (κ1) is 21.1. The summed E-state index contributed by atoms with van der Waals surface area (Å²) in [6, 6.07) is 18.5. The second-order valence-electron chi connectivity index (χ2n) is 7.34. The third-order valence-corrected chi connectivity index (χ3v) is 5.91. The van der Waals surface area contributed by atoms with Crippen molar-refractivity contribution in [2.24, 2.45) is 0 Å². The summed E-state index contributed by atoms with van der Waals surface area (Å²) in [6.45, 7) is 0.584. The Labute approximate surface area is 187 Å². The average Bonchev–Trinajstić information content (AvgIpc) is 2.82. The summed E-state index contributed by atoms with van der Waals surface area (Å²) in [4.78, 5) is 15.4. The number of ether oxygens (including phenoxy) is 3. The molecule has 1 unspecified atom stereocenters. The number of fused-ring (bicyclic) bond motifs is 1. The van der Waals surface area contributed by atoms with E-state index in [4.69, 9.17) is 25.8 Å². The van der Waals surface area contributed by atoms with Crippen LogP contribution < -0.4 is 14.2 Å². The van der Waals surface area contributed by atoms with Gasteiger partial charge in [0.15, 0.2) is 11.5 Å². The highest BCUT2D eigenvalue weighted by Crippen LogP contribution is 2.41. The van der Waals surface area contributed by atoms with Crippen molar-refractivity contribution in [3.8, 4) is 17.2 Å². The van der Waals surface area contributed by atoms with Crippen LogP contribution in [-0.2, 0) is 6.42 Å². The normalized spacial score (nSPS) is 15.2. The third-order valence-electron chi connectivity index (χ3n) is 5.66. The molecular weight excluding hydrogens is 414 g/mol. The molecule has 1 atom stereocenters. The summed E-state index contributed by atoms with van der Waals surface area (Å²) in [5.41, 5.74) is 3.76. The van der Waals surface area contributed by atoms with Gasteiger partial charge in [-0.1, -0.05) is 23.7 Å². The molecule has 3 aromatic carbocycles. The number of hydrogen-bond acceptors (Lipinski definition) is 4. The number of hydrogen-bond donors (Lipinski definition) is 0. The molecule has 0 N–H and O–H groups in total. The van der Waals surface area contributed by atoms with Gasteiger partial charge in [-0.2, -0.15) is 0 Å². The summed E-state index contributed by atoms with van der Waals surface area (Å²) >= 11 is 6.02. The van der Waals surface area contributed by atoms with E-state index in [1.54, 1.807) is 45.6 Å². The number of carbonyl (C=O) groups is 1. The Hall–Kier alpha value is -3.18. The summed E-state index contributed by atoms with van der Waals surface area (Å²) in [7, 11) is 4.88. The number of benzene rings is 3. The van der Waals surface area contributed by atoms with E-state index in [1.165, 1.54) is 0 Å². The zero-order valence-electron chi connectivity index (χ0n) is 17.7. The smallest absolute Gasteiger partial charge is 0.254 e. The van der Waals surface area contributed by atoms with Gasteiger partial charge in [0.2, 0.25) is 0 Å². The highest BCUT2D eigenvalue weighted by atomic mass is 35.5. The Balaban J connectivity index is 1.83. The van der Waals surface area contributed by atoms with Crippen molar-refractivity contribution in [2.45, 2.75) is 12.5 Å². The molecule has 3 aromatic rings. The lowest BCUT2D eigenvalue weighted by molar-refractivity contribution is 0.0694. The van der Waals surface area contributed by atoms with Gasteiger partial charge in [-0.25, -0.2) is 0 Å². The Morgan fingerprint density at radius 1 is 0.903 bits per heavy atom. The van der Waals surface area contributed by atoms with Crippen LogP contribution in [-0.4, -0.2) is 38.7 Å².